The summed E-state index contributed by atoms with van der Waals surface area (Å²) < 4.78 is 25.6. The average Bonchev–Trinajstić information content (AvgIpc) is 2.59. The predicted octanol–water partition coefficient (Wildman–Crippen LogP) is 5.79. The molecule has 7 heteroatoms. The van der Waals surface area contributed by atoms with Crippen LogP contribution in [0.3, 0.4) is 0 Å². The van der Waals surface area contributed by atoms with Crippen LogP contribution in [0.15, 0.2) is 0 Å². The van der Waals surface area contributed by atoms with Gasteiger partial charge in [0.1, 0.15) is 0 Å². The van der Waals surface area contributed by atoms with Crippen LogP contribution >= 0.6 is 7.82 Å². The molecule has 0 amide bonds. The molecular weight excluding hydrogens is 343 g/mol. The Bertz CT molecular complexity index is 314. The van der Waals surface area contributed by atoms with Gasteiger partial charge in [-0.3, -0.25) is 4.52 Å². The van der Waals surface area contributed by atoms with Gasteiger partial charge in [-0.25, -0.2) is 9.45 Å². The smallest absolute Gasteiger partial charge is 0.379 e. The molecule has 0 bridgehead atoms. The minimum absolute atomic E-state index is 0.00355. The van der Waals surface area contributed by atoms with Crippen molar-refractivity contribution in [3.8, 4) is 0 Å². The fourth-order valence-corrected chi connectivity index (χ4v) is 3.04. The first-order chi connectivity index (χ1) is 12.1. The van der Waals surface area contributed by atoms with Crippen molar-refractivity contribution in [2.24, 2.45) is 0 Å². The van der Waals surface area contributed by atoms with E-state index in [1.165, 1.54) is 64.2 Å². The molecule has 0 aliphatic heterocycles. The van der Waals surface area contributed by atoms with E-state index < -0.39 is 7.82 Å². The number of phosphoric ester groups is 1. The molecule has 1 N–H and O–H groups in total. The van der Waals surface area contributed by atoms with Crippen LogP contribution in [0.2, 0.25) is 0 Å². The van der Waals surface area contributed by atoms with Gasteiger partial charge >= 0.3 is 7.82 Å². The normalized spacial score (nSPS) is 13.9. The molecule has 0 saturated carbocycles. The number of ether oxygens (including phenoxy) is 1. The highest BCUT2D eigenvalue weighted by Gasteiger charge is 2.22. The first kappa shape index (κ1) is 25.0. The van der Waals surface area contributed by atoms with Gasteiger partial charge in [0.2, 0.25) is 0 Å². The zero-order chi connectivity index (χ0) is 18.6. The summed E-state index contributed by atoms with van der Waals surface area (Å²) in [5, 5.41) is 0. The number of rotatable bonds is 20. The van der Waals surface area contributed by atoms with E-state index in [1.54, 1.807) is 0 Å². The van der Waals surface area contributed by atoms with E-state index in [0.29, 0.717) is 13.2 Å². The second-order valence-electron chi connectivity index (χ2n) is 6.28. The first-order valence-corrected chi connectivity index (χ1v) is 11.5. The van der Waals surface area contributed by atoms with Crippen LogP contribution in [0.1, 0.15) is 90.9 Å². The van der Waals surface area contributed by atoms with Gasteiger partial charge in [-0.15, -0.1) is 4.67 Å². The van der Waals surface area contributed by atoms with E-state index in [0.717, 1.165) is 12.8 Å². The lowest BCUT2D eigenvalue weighted by atomic mass is 10.1. The lowest BCUT2D eigenvalue weighted by Crippen LogP contribution is -2.05. The summed E-state index contributed by atoms with van der Waals surface area (Å²) in [6.07, 6.45) is 15.1. The van der Waals surface area contributed by atoms with Gasteiger partial charge in [-0.2, -0.15) is 0 Å². The average molecular weight is 382 g/mol. The first-order valence-electron chi connectivity index (χ1n) is 9.98. The van der Waals surface area contributed by atoms with Gasteiger partial charge in [0.05, 0.1) is 19.8 Å². The number of hydrogen-bond acceptors (Lipinski definition) is 5. The molecule has 1 unspecified atom stereocenters. The quantitative estimate of drug-likeness (QED) is 0.124. The lowest BCUT2D eigenvalue weighted by Gasteiger charge is -2.10. The van der Waals surface area contributed by atoms with Crippen molar-refractivity contribution in [3.63, 3.8) is 0 Å². The molecule has 0 aromatic carbocycles. The molecule has 0 aromatic heterocycles. The number of hydrogen-bond donors (Lipinski definition) is 1. The van der Waals surface area contributed by atoms with Gasteiger partial charge in [0, 0.05) is 6.61 Å². The van der Waals surface area contributed by atoms with Crippen LogP contribution in [0.5, 0.6) is 0 Å². The standard InChI is InChI=1S/C18H39O6P/c1-3-5-6-7-8-9-10-11-12-13-14-15-16-22-24-25(19,20)23-18-17-21-4-2/h3-18H2,1-2H3,(H,19,20). The van der Waals surface area contributed by atoms with Gasteiger partial charge in [0.25, 0.3) is 0 Å². The summed E-state index contributed by atoms with van der Waals surface area (Å²) in [4.78, 5) is 14.1. The molecule has 152 valence electrons. The van der Waals surface area contributed by atoms with Gasteiger partial charge in [-0.05, 0) is 13.3 Å². The van der Waals surface area contributed by atoms with Crippen molar-refractivity contribution in [2.75, 3.05) is 26.4 Å². The topological polar surface area (TPSA) is 74.2 Å². The van der Waals surface area contributed by atoms with E-state index in [1.807, 2.05) is 6.92 Å². The Labute approximate surface area is 154 Å². The van der Waals surface area contributed by atoms with Crippen LogP contribution in [0.25, 0.3) is 0 Å². The molecule has 0 aliphatic carbocycles. The molecule has 0 rings (SSSR count). The van der Waals surface area contributed by atoms with Crippen molar-refractivity contribution >= 4 is 7.82 Å². The summed E-state index contributed by atoms with van der Waals surface area (Å²) >= 11 is 0. The highest BCUT2D eigenvalue weighted by Crippen LogP contribution is 2.43. The number of unbranched alkanes of at least 4 members (excludes halogenated alkanes) is 11. The molecule has 0 aliphatic rings. The molecule has 0 spiro atoms. The van der Waals surface area contributed by atoms with Crippen LogP contribution < -0.4 is 0 Å². The monoisotopic (exact) mass is 382 g/mol. The predicted molar refractivity (Wildman–Crippen MR) is 100 cm³/mol. The second kappa shape index (κ2) is 18.8. The van der Waals surface area contributed by atoms with E-state index in [-0.39, 0.29) is 13.2 Å². The minimum atomic E-state index is -4.12. The largest absolute Gasteiger partial charge is 0.499 e. The maximum atomic E-state index is 11.4. The SMILES string of the molecule is CCCCCCCCCCCCCCOOP(=O)(O)OCCOCC. The van der Waals surface area contributed by atoms with Crippen molar-refractivity contribution < 1.29 is 28.3 Å². The van der Waals surface area contributed by atoms with Crippen LogP contribution in [0.4, 0.5) is 0 Å². The molecule has 0 saturated heterocycles. The van der Waals surface area contributed by atoms with E-state index in [9.17, 15) is 9.46 Å². The third-order valence-corrected chi connectivity index (χ3v) is 4.72. The Morgan fingerprint density at radius 2 is 1.24 bits per heavy atom. The van der Waals surface area contributed by atoms with Crippen molar-refractivity contribution in [1.29, 1.82) is 0 Å². The Hall–Kier alpha value is 0.0300. The maximum Gasteiger partial charge on any atom is 0.499 e. The zero-order valence-electron chi connectivity index (χ0n) is 16.2. The zero-order valence-corrected chi connectivity index (χ0v) is 17.1. The molecule has 25 heavy (non-hydrogen) atoms. The van der Waals surface area contributed by atoms with E-state index in [4.69, 9.17) is 9.62 Å². The summed E-state index contributed by atoms with van der Waals surface area (Å²) in [5.74, 6) is 0. The fraction of sp³-hybridized carbons (Fsp3) is 1.00. The third-order valence-electron chi connectivity index (χ3n) is 3.91. The van der Waals surface area contributed by atoms with Gasteiger partial charge < -0.3 is 9.63 Å². The van der Waals surface area contributed by atoms with E-state index in [2.05, 4.69) is 16.1 Å². The highest BCUT2D eigenvalue weighted by molar-refractivity contribution is 7.47. The summed E-state index contributed by atoms with van der Waals surface area (Å²) in [7, 11) is -4.12. The van der Waals surface area contributed by atoms with Crippen LogP contribution in [-0.2, 0) is 23.4 Å². The maximum absolute atomic E-state index is 11.4. The van der Waals surface area contributed by atoms with Crippen molar-refractivity contribution in [1.82, 2.24) is 0 Å². The Balaban J connectivity index is 3.23. The Morgan fingerprint density at radius 1 is 0.720 bits per heavy atom. The highest BCUT2D eigenvalue weighted by atomic mass is 31.2. The molecule has 0 fully saturated rings. The summed E-state index contributed by atoms with van der Waals surface area (Å²) in [6, 6.07) is 0. The van der Waals surface area contributed by atoms with Crippen molar-refractivity contribution in [2.45, 2.75) is 90.9 Å². The van der Waals surface area contributed by atoms with Crippen LogP contribution in [-0.4, -0.2) is 31.3 Å². The van der Waals surface area contributed by atoms with Crippen LogP contribution in [0, 0.1) is 0 Å². The Kier molecular flexibility index (Phi) is 18.8. The molecule has 0 aromatic rings. The molecule has 1 atom stereocenters. The Morgan fingerprint density at radius 3 is 1.76 bits per heavy atom. The summed E-state index contributed by atoms with van der Waals surface area (Å²) in [6.45, 7) is 5.18. The number of phosphoric acid groups is 1. The van der Waals surface area contributed by atoms with E-state index >= 15 is 0 Å². The molecule has 6 nitrogen and oxygen atoms in total. The lowest BCUT2D eigenvalue weighted by molar-refractivity contribution is -0.225. The molecule has 0 radical (unpaired) electrons. The third kappa shape index (κ3) is 20.2. The minimum Gasteiger partial charge on any atom is -0.379 e. The van der Waals surface area contributed by atoms with Crippen molar-refractivity contribution in [3.05, 3.63) is 0 Å². The summed E-state index contributed by atoms with van der Waals surface area (Å²) in [5.41, 5.74) is 0. The second-order valence-corrected chi connectivity index (χ2v) is 7.63. The fourth-order valence-electron chi connectivity index (χ4n) is 2.48. The van der Waals surface area contributed by atoms with Gasteiger partial charge in [0.15, 0.2) is 0 Å². The molecular formula is C18H39O6P. The molecule has 0 heterocycles. The van der Waals surface area contributed by atoms with Gasteiger partial charge in [-0.1, -0.05) is 77.6 Å².